The monoisotopic (exact) mass is 1080 g/mol. The summed E-state index contributed by atoms with van der Waals surface area (Å²) in [6.07, 6.45) is 3.35. The topological polar surface area (TPSA) is 288 Å². The normalized spacial score (nSPS) is 15.4. The number of pyridine rings is 2. The zero-order valence-corrected chi connectivity index (χ0v) is 41.8. The van der Waals surface area contributed by atoms with E-state index in [0.29, 0.717) is 174 Å². The molecule has 8 rings (SSSR count). The van der Waals surface area contributed by atoms with Gasteiger partial charge in [-0.05, 0) is 60.7 Å². The smallest absolute Gasteiger partial charge is 0.656 e. The fraction of sp³-hybridized carbons (Fsp3) is 0.320. The Morgan fingerprint density at radius 2 is 0.676 bits per heavy atom. The second-order valence-electron chi connectivity index (χ2n) is 14.7. The summed E-state index contributed by atoms with van der Waals surface area (Å²) >= 11 is 0. The average Bonchev–Trinajstić information content (AvgIpc) is 3.41. The van der Waals surface area contributed by atoms with E-state index in [1.165, 1.54) is 0 Å². The van der Waals surface area contributed by atoms with Crippen molar-refractivity contribution in [2.45, 2.75) is 0 Å². The van der Waals surface area contributed by atoms with Gasteiger partial charge >= 0.3 is 16.8 Å². The van der Waals surface area contributed by atoms with Gasteiger partial charge in [0, 0.05) is 12.4 Å². The third kappa shape index (κ3) is 23.6. The van der Waals surface area contributed by atoms with Crippen LogP contribution in [-0.2, 0) is 45.2 Å². The maximum atomic E-state index is 8.49. The van der Waals surface area contributed by atoms with E-state index in [4.69, 9.17) is 76.6 Å². The van der Waals surface area contributed by atoms with Crippen LogP contribution >= 0.6 is 0 Å². The van der Waals surface area contributed by atoms with Crippen LogP contribution in [0.4, 0.5) is 45.8 Å². The number of ether oxygens (including phenoxy) is 10. The Bertz CT molecular complexity index is 2380. The van der Waals surface area contributed by atoms with Crippen LogP contribution in [-0.4, -0.2) is 116 Å². The third-order valence-electron chi connectivity index (χ3n) is 9.37. The number of para-hydroxylation sites is 2. The van der Waals surface area contributed by atoms with Crippen LogP contribution in [0, 0.1) is 10.2 Å². The zero-order chi connectivity index (χ0) is 51.0. The van der Waals surface area contributed by atoms with E-state index in [2.05, 4.69) is 30.4 Å². The van der Waals surface area contributed by atoms with Crippen molar-refractivity contribution in [3.8, 4) is 23.0 Å². The van der Waals surface area contributed by atoms with E-state index in [9.17, 15) is 0 Å². The Balaban J connectivity index is 0.000000248. The Labute approximate surface area is 440 Å². The van der Waals surface area contributed by atoms with Crippen molar-refractivity contribution in [2.24, 2.45) is 20.5 Å². The average molecular weight is 1090 g/mol. The van der Waals surface area contributed by atoms with Gasteiger partial charge in [0.2, 0.25) is 0 Å². The van der Waals surface area contributed by atoms with Crippen LogP contribution in [0.1, 0.15) is 0 Å². The second kappa shape index (κ2) is 34.1. The van der Waals surface area contributed by atoms with Crippen molar-refractivity contribution in [1.29, 1.82) is 0 Å². The fourth-order valence-electron chi connectivity index (χ4n) is 6.12. The van der Waals surface area contributed by atoms with E-state index in [1.807, 2.05) is 109 Å². The Kier molecular flexibility index (Phi) is 27.0. The number of hydrogen-bond donors (Lipinski definition) is 0. The number of hydrogen-bond acceptors (Lipinski definition) is 20. The summed E-state index contributed by atoms with van der Waals surface area (Å²) in [6, 6.07) is 37.1. The Morgan fingerprint density at radius 3 is 1.01 bits per heavy atom. The first-order valence-corrected chi connectivity index (χ1v) is 24.1. The minimum Gasteiger partial charge on any atom is -0.656 e. The summed E-state index contributed by atoms with van der Waals surface area (Å²) < 4.78 is 90.6. The largest absolute Gasteiger partial charge is 3.00 e. The molecule has 0 fully saturated rings. The van der Waals surface area contributed by atoms with Gasteiger partial charge in [-0.3, -0.25) is 0 Å². The summed E-state index contributed by atoms with van der Waals surface area (Å²) in [6.45, 7) is 7.52. The molecule has 0 atom stereocenters. The van der Waals surface area contributed by atoms with Gasteiger partial charge in [-0.2, -0.15) is 10.2 Å². The number of halogens is 1. The molecule has 0 N–H and O–H groups in total. The molecule has 0 unspecified atom stereocenters. The SMILES string of the molecule is [Co+3].[O-][Cl+3]([O-])([O-])[O-].c1ccc(N=Nc2ccccc2[N-]c2ccc3c(c2)OCCOCCOCCOCCO3)nc1.c1ccc(N=Nc2ccccc2[N-]c2ccc3c(c2)OCCOCCOCCOCCO3)nc1. The molecule has 0 bridgehead atoms. The Morgan fingerprint density at radius 1 is 0.365 bits per heavy atom. The first kappa shape index (κ1) is 58.5. The second-order valence-corrected chi connectivity index (χ2v) is 15.4. The summed E-state index contributed by atoms with van der Waals surface area (Å²) in [5, 5.41) is 26.6. The number of rotatable bonds is 8. The summed E-state index contributed by atoms with van der Waals surface area (Å²) in [7, 11) is -4.94. The van der Waals surface area contributed by atoms with Crippen LogP contribution < -0.4 is 37.6 Å². The molecule has 4 heterocycles. The molecule has 2 aliphatic rings. The van der Waals surface area contributed by atoms with Crippen molar-refractivity contribution in [1.82, 2.24) is 9.97 Å². The van der Waals surface area contributed by atoms with Gasteiger partial charge in [0.05, 0.1) is 90.7 Å². The van der Waals surface area contributed by atoms with E-state index >= 15 is 0 Å². The van der Waals surface area contributed by atoms with Gasteiger partial charge in [-0.15, -0.1) is 43.2 Å². The van der Waals surface area contributed by atoms with Gasteiger partial charge in [-0.1, -0.05) is 60.7 Å². The first-order valence-electron chi connectivity index (χ1n) is 22.9. The van der Waals surface area contributed by atoms with Gasteiger partial charge in [-0.25, -0.2) is 28.6 Å². The molecule has 4 aromatic carbocycles. The number of azo groups is 2. The maximum absolute atomic E-state index is 8.49. The Hall–Kier alpha value is -6.42. The molecule has 2 aromatic heterocycles. The number of fused-ring (bicyclic) bond motifs is 2. The van der Waals surface area contributed by atoms with E-state index in [0.717, 1.165) is 0 Å². The number of aromatic nitrogens is 2. The molecule has 2 aliphatic heterocycles. The van der Waals surface area contributed by atoms with E-state index in [1.54, 1.807) is 24.5 Å². The maximum Gasteiger partial charge on any atom is 3.00 e. The van der Waals surface area contributed by atoms with E-state index in [-0.39, 0.29) is 16.8 Å². The van der Waals surface area contributed by atoms with Crippen LogP contribution in [0.2, 0.25) is 0 Å². The standard InChI is InChI=1S/2C25H27N4O5.ClHO4.Co/c2*1-2-6-22(28-29-25-7-3-4-10-26-25)21(5-1)27-20-8-9-23-24(19-20)34-18-16-32-14-12-30-11-13-31-15-17-33-23;2-1(3,4)5;/h2*1-10,19H,11-18H2;(H,2,3,4,5);/q2*-1;;+3/p-1. The molecule has 0 aliphatic carbocycles. The van der Waals surface area contributed by atoms with Gasteiger partial charge in [0.15, 0.2) is 34.6 Å². The van der Waals surface area contributed by atoms with Crippen LogP contribution in [0.5, 0.6) is 23.0 Å². The van der Waals surface area contributed by atoms with Crippen molar-refractivity contribution < 1.29 is 93.0 Å². The summed E-state index contributed by atoms with van der Waals surface area (Å²) in [5.74, 6) is 3.48. The van der Waals surface area contributed by atoms with Crippen molar-refractivity contribution in [3.05, 3.63) is 144 Å². The van der Waals surface area contributed by atoms with Gasteiger partial charge in [0.1, 0.15) is 26.4 Å². The zero-order valence-electron chi connectivity index (χ0n) is 40.0. The minimum atomic E-state index is -4.94. The summed E-state index contributed by atoms with van der Waals surface area (Å²) in [4.78, 5) is 8.34. The quantitative estimate of drug-likeness (QED) is 0.146. The molecule has 0 amide bonds. The predicted octanol–water partition coefficient (Wildman–Crippen LogP) is 6.55. The van der Waals surface area contributed by atoms with Crippen LogP contribution in [0.3, 0.4) is 0 Å². The van der Waals surface area contributed by atoms with Crippen molar-refractivity contribution in [3.63, 3.8) is 0 Å². The summed E-state index contributed by atoms with van der Waals surface area (Å²) in [5.41, 5.74) is 4.02. The molecule has 74 heavy (non-hydrogen) atoms. The molecule has 6 aromatic rings. The predicted molar refractivity (Wildman–Crippen MR) is 255 cm³/mol. The first-order chi connectivity index (χ1) is 35.8. The molecule has 394 valence electrons. The molecule has 0 radical (unpaired) electrons. The van der Waals surface area contributed by atoms with Gasteiger partial charge < -0.3 is 58.0 Å². The molecule has 0 spiro atoms. The molecular weight excluding hydrogens is 1030 g/mol. The number of benzene rings is 4. The van der Waals surface area contributed by atoms with Gasteiger partial charge in [0.25, 0.3) is 0 Å². The molecule has 24 heteroatoms. The minimum absolute atomic E-state index is 0. The molecule has 0 saturated carbocycles. The van der Waals surface area contributed by atoms with Crippen molar-refractivity contribution in [2.75, 3.05) is 106 Å². The molecular formula is C50H54ClCoN8O14. The van der Waals surface area contributed by atoms with Crippen LogP contribution in [0.25, 0.3) is 10.6 Å². The van der Waals surface area contributed by atoms with E-state index < -0.39 is 10.2 Å². The molecule has 0 saturated heterocycles. The fourth-order valence-corrected chi connectivity index (χ4v) is 6.12. The molecule has 22 nitrogen and oxygen atoms in total. The van der Waals surface area contributed by atoms with Crippen molar-refractivity contribution >= 4 is 45.8 Å². The van der Waals surface area contributed by atoms with Crippen LogP contribution in [0.15, 0.2) is 154 Å². The number of nitrogens with zero attached hydrogens (tertiary/aromatic N) is 8. The third-order valence-corrected chi connectivity index (χ3v) is 9.37.